The van der Waals surface area contributed by atoms with Gasteiger partial charge in [-0.3, -0.25) is 14.2 Å². The molecular formula is C20H24N4O3. The van der Waals surface area contributed by atoms with Crippen LogP contribution in [-0.2, 0) is 32.7 Å². The summed E-state index contributed by atoms with van der Waals surface area (Å²) in [6.07, 6.45) is 4.06. The molecule has 27 heavy (non-hydrogen) atoms. The number of nitrogens with zero attached hydrogens (tertiary/aromatic N) is 4. The van der Waals surface area contributed by atoms with E-state index in [0.29, 0.717) is 43.2 Å². The number of hydrogen-bond acceptors (Lipinski definition) is 5. The molecule has 1 aliphatic carbocycles. The number of rotatable bonds is 2. The van der Waals surface area contributed by atoms with E-state index in [1.165, 1.54) is 0 Å². The van der Waals surface area contributed by atoms with E-state index in [0.717, 1.165) is 41.8 Å². The number of ether oxygens (including phenoxy) is 1. The van der Waals surface area contributed by atoms with Crippen molar-refractivity contribution in [2.24, 2.45) is 7.05 Å². The number of carbonyl (C=O) groups is 1. The molecule has 3 heterocycles. The van der Waals surface area contributed by atoms with Gasteiger partial charge in [0.15, 0.2) is 0 Å². The quantitative estimate of drug-likeness (QED) is 0.797. The molecule has 4 rings (SSSR count). The topological polar surface area (TPSA) is 77.3 Å². The lowest BCUT2D eigenvalue weighted by Gasteiger charge is -2.21. The Morgan fingerprint density at radius 3 is 2.67 bits per heavy atom. The molecule has 2 aliphatic rings. The van der Waals surface area contributed by atoms with Crippen molar-refractivity contribution in [2.75, 3.05) is 20.2 Å². The van der Waals surface area contributed by atoms with Crippen LogP contribution in [0.1, 0.15) is 45.1 Å². The molecule has 2 aromatic rings. The van der Waals surface area contributed by atoms with Gasteiger partial charge in [0, 0.05) is 37.8 Å². The minimum atomic E-state index is -0.0876. The summed E-state index contributed by atoms with van der Waals surface area (Å²) >= 11 is 0. The van der Waals surface area contributed by atoms with E-state index in [-0.39, 0.29) is 11.5 Å². The van der Waals surface area contributed by atoms with Crippen LogP contribution < -0.4 is 10.3 Å². The van der Waals surface area contributed by atoms with Gasteiger partial charge in [-0.15, -0.1) is 0 Å². The Kier molecular flexibility index (Phi) is 4.45. The van der Waals surface area contributed by atoms with Crippen molar-refractivity contribution >= 4 is 5.91 Å². The number of fused-ring (bicyclic) bond motifs is 2. The summed E-state index contributed by atoms with van der Waals surface area (Å²) in [6, 6.07) is 1.94. The normalized spacial score (nSPS) is 15.9. The van der Waals surface area contributed by atoms with Crippen molar-refractivity contribution in [2.45, 2.75) is 39.0 Å². The van der Waals surface area contributed by atoms with E-state index < -0.39 is 0 Å². The van der Waals surface area contributed by atoms with Crippen LogP contribution in [-0.4, -0.2) is 45.5 Å². The number of aromatic nitrogens is 3. The van der Waals surface area contributed by atoms with Crippen LogP contribution in [0, 0.1) is 6.92 Å². The van der Waals surface area contributed by atoms with E-state index >= 15 is 0 Å². The molecule has 0 N–H and O–H groups in total. The van der Waals surface area contributed by atoms with Gasteiger partial charge in [-0.1, -0.05) is 0 Å². The van der Waals surface area contributed by atoms with Gasteiger partial charge in [0.05, 0.1) is 12.8 Å². The lowest BCUT2D eigenvalue weighted by Crippen LogP contribution is -2.34. The summed E-state index contributed by atoms with van der Waals surface area (Å²) in [6.45, 7) is 2.86. The molecule has 0 atom stereocenters. The van der Waals surface area contributed by atoms with Crippen LogP contribution in [0.25, 0.3) is 0 Å². The molecule has 0 aromatic carbocycles. The van der Waals surface area contributed by atoms with Crippen molar-refractivity contribution in [1.82, 2.24) is 19.4 Å². The molecule has 0 radical (unpaired) electrons. The maximum atomic E-state index is 13.2. The molecule has 2 aromatic heterocycles. The number of pyridine rings is 1. The van der Waals surface area contributed by atoms with Crippen LogP contribution >= 0.6 is 0 Å². The number of methoxy groups -OCH3 is 1. The Balaban J connectivity index is 1.63. The van der Waals surface area contributed by atoms with Gasteiger partial charge in [0.1, 0.15) is 11.4 Å². The van der Waals surface area contributed by atoms with Gasteiger partial charge >= 0.3 is 0 Å². The smallest absolute Gasteiger partial charge is 0.259 e. The largest absolute Gasteiger partial charge is 0.480 e. The predicted octanol–water partition coefficient (Wildman–Crippen LogP) is 1.22. The average molecular weight is 368 g/mol. The lowest BCUT2D eigenvalue weighted by atomic mass is 10.1. The van der Waals surface area contributed by atoms with Gasteiger partial charge in [-0.05, 0) is 44.2 Å². The number of hydrogen-bond donors (Lipinski definition) is 0. The average Bonchev–Trinajstić information content (AvgIpc) is 3.03. The Morgan fingerprint density at radius 2 is 1.89 bits per heavy atom. The van der Waals surface area contributed by atoms with Crippen LogP contribution in [0.5, 0.6) is 5.88 Å². The van der Waals surface area contributed by atoms with Crippen LogP contribution in [0.3, 0.4) is 0 Å². The highest BCUT2D eigenvalue weighted by Gasteiger charge is 2.27. The maximum Gasteiger partial charge on any atom is 0.259 e. The molecule has 1 aliphatic heterocycles. The van der Waals surface area contributed by atoms with Crippen molar-refractivity contribution in [3.05, 3.63) is 50.3 Å². The SMILES string of the molecule is COc1nc2c(cc1C(=O)N1CCc3nc(C)n(C)c(=O)c3CC1)CCC2. The first-order chi connectivity index (χ1) is 13.0. The molecule has 0 saturated carbocycles. The first-order valence-corrected chi connectivity index (χ1v) is 9.41. The monoisotopic (exact) mass is 368 g/mol. The highest BCUT2D eigenvalue weighted by atomic mass is 16.5. The van der Waals surface area contributed by atoms with Crippen LogP contribution in [0.2, 0.25) is 0 Å². The second kappa shape index (κ2) is 6.79. The molecule has 7 nitrogen and oxygen atoms in total. The Hall–Kier alpha value is -2.70. The molecule has 142 valence electrons. The number of carbonyl (C=O) groups excluding carboxylic acids is 1. The highest BCUT2D eigenvalue weighted by molar-refractivity contribution is 5.96. The molecule has 0 spiro atoms. The van der Waals surface area contributed by atoms with E-state index in [4.69, 9.17) is 4.74 Å². The zero-order chi connectivity index (χ0) is 19.1. The minimum Gasteiger partial charge on any atom is -0.480 e. The Morgan fingerprint density at radius 1 is 1.11 bits per heavy atom. The molecule has 1 amide bonds. The third kappa shape index (κ3) is 3.01. The summed E-state index contributed by atoms with van der Waals surface area (Å²) < 4.78 is 6.98. The standard InChI is InChI=1S/C20H24N4O3/c1-12-21-17-8-10-24(9-7-14(17)19(25)23(12)2)20(26)15-11-13-5-4-6-16(13)22-18(15)27-3/h11H,4-10H2,1-3H3. The fraction of sp³-hybridized carbons (Fsp3) is 0.500. The lowest BCUT2D eigenvalue weighted by molar-refractivity contribution is 0.0758. The van der Waals surface area contributed by atoms with Gasteiger partial charge in [-0.25, -0.2) is 9.97 Å². The predicted molar refractivity (Wildman–Crippen MR) is 100 cm³/mol. The first-order valence-electron chi connectivity index (χ1n) is 9.41. The molecular weight excluding hydrogens is 344 g/mol. The Labute approximate surface area is 158 Å². The van der Waals surface area contributed by atoms with Crippen molar-refractivity contribution in [3.8, 4) is 5.88 Å². The van der Waals surface area contributed by atoms with Gasteiger partial charge < -0.3 is 9.64 Å². The van der Waals surface area contributed by atoms with Crippen LogP contribution in [0.15, 0.2) is 10.9 Å². The fourth-order valence-corrected chi connectivity index (χ4v) is 4.00. The number of aryl methyl sites for hydroxylation is 3. The van der Waals surface area contributed by atoms with Crippen molar-refractivity contribution < 1.29 is 9.53 Å². The summed E-state index contributed by atoms with van der Waals surface area (Å²) in [7, 11) is 3.29. The van der Waals surface area contributed by atoms with E-state index in [1.807, 2.05) is 13.0 Å². The second-order valence-corrected chi connectivity index (χ2v) is 7.25. The summed E-state index contributed by atoms with van der Waals surface area (Å²) in [5, 5.41) is 0. The van der Waals surface area contributed by atoms with E-state index in [2.05, 4.69) is 9.97 Å². The molecule has 0 saturated heterocycles. The summed E-state index contributed by atoms with van der Waals surface area (Å²) in [5.74, 6) is 1.01. The third-order valence-electron chi connectivity index (χ3n) is 5.67. The summed E-state index contributed by atoms with van der Waals surface area (Å²) in [5.41, 5.74) is 4.21. The highest BCUT2D eigenvalue weighted by Crippen LogP contribution is 2.28. The number of amides is 1. The zero-order valence-corrected chi connectivity index (χ0v) is 16.0. The molecule has 7 heteroatoms. The Bertz CT molecular complexity index is 980. The molecule has 0 unspecified atom stereocenters. The van der Waals surface area contributed by atoms with Gasteiger partial charge in [-0.2, -0.15) is 0 Å². The van der Waals surface area contributed by atoms with E-state index in [9.17, 15) is 9.59 Å². The van der Waals surface area contributed by atoms with E-state index in [1.54, 1.807) is 23.6 Å². The van der Waals surface area contributed by atoms with Crippen molar-refractivity contribution in [3.63, 3.8) is 0 Å². The zero-order valence-electron chi connectivity index (χ0n) is 16.0. The fourth-order valence-electron chi connectivity index (χ4n) is 4.00. The second-order valence-electron chi connectivity index (χ2n) is 7.25. The van der Waals surface area contributed by atoms with Crippen LogP contribution in [0.4, 0.5) is 0 Å². The summed E-state index contributed by atoms with van der Waals surface area (Å²) in [4.78, 5) is 36.7. The minimum absolute atomic E-state index is 0.0106. The first kappa shape index (κ1) is 17.7. The van der Waals surface area contributed by atoms with Crippen molar-refractivity contribution in [1.29, 1.82) is 0 Å². The maximum absolute atomic E-state index is 13.2. The third-order valence-corrected chi connectivity index (χ3v) is 5.67. The van der Waals surface area contributed by atoms with Gasteiger partial charge in [0.25, 0.3) is 11.5 Å². The molecule has 0 fully saturated rings. The molecule has 0 bridgehead atoms. The van der Waals surface area contributed by atoms with Gasteiger partial charge in [0.2, 0.25) is 5.88 Å².